The summed E-state index contributed by atoms with van der Waals surface area (Å²) in [6.45, 7) is 5.27. The first kappa shape index (κ1) is 28.6. The van der Waals surface area contributed by atoms with Crippen LogP contribution in [0.1, 0.15) is 56.7 Å². The number of carbonyl (C=O) groups is 3. The summed E-state index contributed by atoms with van der Waals surface area (Å²) in [4.78, 5) is 48.2. The van der Waals surface area contributed by atoms with Crippen LogP contribution in [-0.4, -0.2) is 48.2 Å². The Bertz CT molecular complexity index is 1410. The average molecular weight is 528 g/mol. The van der Waals surface area contributed by atoms with Crippen LogP contribution in [0.25, 0.3) is 41.0 Å². The van der Waals surface area contributed by atoms with E-state index in [9.17, 15) is 29.7 Å². The second-order valence-electron chi connectivity index (χ2n) is 8.60. The number of aliphatic carboxylic acids is 3. The normalized spacial score (nSPS) is 12.3. The number of nitrogens with zero attached hydrogens (tertiary/aromatic N) is 3. The minimum atomic E-state index is -1.03. The molecule has 0 spiro atoms. The summed E-state index contributed by atoms with van der Waals surface area (Å²) in [5.74, 6) is -3.04. The number of carboxylic acids is 3. The Morgan fingerprint density at radius 1 is 0.590 bits per heavy atom. The summed E-state index contributed by atoms with van der Waals surface area (Å²) in [5, 5.41) is 28.4. The Hall–Kier alpha value is -4.92. The molecule has 0 saturated carbocycles. The van der Waals surface area contributed by atoms with Gasteiger partial charge in [-0.3, -0.25) is 9.97 Å². The van der Waals surface area contributed by atoms with Crippen LogP contribution >= 0.6 is 0 Å². The average Bonchev–Trinajstić information content (AvgIpc) is 2.93. The first-order valence-corrected chi connectivity index (χ1v) is 12.4. The number of rotatable bonds is 11. The molecular formula is C30H29N3O6. The van der Waals surface area contributed by atoms with Crippen molar-refractivity contribution in [2.75, 3.05) is 0 Å². The molecule has 3 aromatic rings. The molecule has 0 atom stereocenters. The van der Waals surface area contributed by atoms with Crippen LogP contribution in [0, 0.1) is 0 Å². The van der Waals surface area contributed by atoms with E-state index in [1.165, 1.54) is 0 Å². The smallest absolute Gasteiger partial charge is 0.331 e. The molecule has 200 valence electrons. The molecule has 0 radical (unpaired) electrons. The van der Waals surface area contributed by atoms with Crippen molar-refractivity contribution < 1.29 is 29.7 Å². The summed E-state index contributed by atoms with van der Waals surface area (Å²) in [5.41, 5.74) is 4.33. The first-order valence-electron chi connectivity index (χ1n) is 12.4. The zero-order chi connectivity index (χ0) is 28.5. The van der Waals surface area contributed by atoms with Crippen molar-refractivity contribution in [1.29, 1.82) is 0 Å². The Morgan fingerprint density at radius 2 is 0.923 bits per heavy atom. The molecule has 39 heavy (non-hydrogen) atoms. The van der Waals surface area contributed by atoms with E-state index in [2.05, 4.69) is 9.97 Å². The van der Waals surface area contributed by atoms with Gasteiger partial charge in [-0.25, -0.2) is 19.4 Å². The van der Waals surface area contributed by atoms with E-state index in [0.717, 1.165) is 0 Å². The molecule has 3 rings (SSSR count). The summed E-state index contributed by atoms with van der Waals surface area (Å²) in [7, 11) is 0. The third-order valence-corrected chi connectivity index (χ3v) is 5.93. The molecule has 9 heteroatoms. The van der Waals surface area contributed by atoms with Crippen molar-refractivity contribution in [2.24, 2.45) is 0 Å². The van der Waals surface area contributed by atoms with Crippen LogP contribution in [0.4, 0.5) is 0 Å². The van der Waals surface area contributed by atoms with Gasteiger partial charge in [-0.15, -0.1) is 0 Å². The minimum absolute atomic E-state index is 0.204. The number of carboxylic acid groups (broad SMARTS) is 3. The third-order valence-electron chi connectivity index (χ3n) is 5.93. The van der Waals surface area contributed by atoms with Crippen molar-refractivity contribution in [2.45, 2.75) is 40.0 Å². The van der Waals surface area contributed by atoms with E-state index in [4.69, 9.17) is 4.98 Å². The monoisotopic (exact) mass is 527 g/mol. The van der Waals surface area contributed by atoms with Crippen molar-refractivity contribution in [1.82, 2.24) is 15.0 Å². The van der Waals surface area contributed by atoms with Crippen LogP contribution in [0.2, 0.25) is 0 Å². The molecule has 0 aromatic carbocycles. The maximum absolute atomic E-state index is 11.7. The lowest BCUT2D eigenvalue weighted by atomic mass is 10.0. The molecule has 0 bridgehead atoms. The van der Waals surface area contributed by atoms with E-state index in [-0.39, 0.29) is 16.7 Å². The molecule has 0 unspecified atom stereocenters. The largest absolute Gasteiger partial charge is 0.478 e. The van der Waals surface area contributed by atoms with Gasteiger partial charge in [0.05, 0.1) is 22.8 Å². The molecule has 0 aliphatic carbocycles. The molecule has 9 nitrogen and oxygen atoms in total. The molecule has 3 aromatic heterocycles. The van der Waals surface area contributed by atoms with E-state index in [1.54, 1.807) is 87.8 Å². The molecule has 0 aliphatic rings. The van der Waals surface area contributed by atoms with Gasteiger partial charge < -0.3 is 15.3 Å². The summed E-state index contributed by atoms with van der Waals surface area (Å²) in [6, 6.07) is 10.2. The van der Waals surface area contributed by atoms with Gasteiger partial charge in [0, 0.05) is 29.1 Å². The van der Waals surface area contributed by atoms with Crippen molar-refractivity contribution in [3.05, 3.63) is 82.2 Å². The Labute approximate surface area is 225 Å². The van der Waals surface area contributed by atoms with Gasteiger partial charge in [-0.2, -0.15) is 0 Å². The van der Waals surface area contributed by atoms with Crippen LogP contribution in [0.5, 0.6) is 0 Å². The quantitative estimate of drug-likeness (QED) is 0.261. The Kier molecular flexibility index (Phi) is 9.58. The van der Waals surface area contributed by atoms with Crippen LogP contribution in [-0.2, 0) is 14.4 Å². The lowest BCUT2D eigenvalue weighted by Gasteiger charge is -2.09. The minimum Gasteiger partial charge on any atom is -0.478 e. The highest BCUT2D eigenvalue weighted by atomic mass is 16.4. The van der Waals surface area contributed by atoms with Crippen LogP contribution in [0.15, 0.2) is 65.5 Å². The predicted molar refractivity (Wildman–Crippen MR) is 148 cm³/mol. The van der Waals surface area contributed by atoms with Crippen LogP contribution in [0.3, 0.4) is 0 Å². The lowest BCUT2D eigenvalue weighted by molar-refractivity contribution is -0.133. The second-order valence-corrected chi connectivity index (χ2v) is 8.60. The third kappa shape index (κ3) is 7.54. The van der Waals surface area contributed by atoms with Gasteiger partial charge in [0.2, 0.25) is 0 Å². The van der Waals surface area contributed by atoms with E-state index >= 15 is 0 Å². The first-order chi connectivity index (χ1) is 18.6. The maximum Gasteiger partial charge on any atom is 0.331 e. The molecular weight excluding hydrogens is 498 g/mol. The van der Waals surface area contributed by atoms with Gasteiger partial charge in [0.1, 0.15) is 0 Å². The van der Waals surface area contributed by atoms with E-state index in [1.807, 2.05) is 0 Å². The van der Waals surface area contributed by atoms with Gasteiger partial charge >= 0.3 is 17.9 Å². The molecule has 3 heterocycles. The fourth-order valence-electron chi connectivity index (χ4n) is 3.80. The maximum atomic E-state index is 11.7. The molecule has 0 amide bonds. The zero-order valence-corrected chi connectivity index (χ0v) is 21.9. The Morgan fingerprint density at radius 3 is 1.26 bits per heavy atom. The zero-order valence-electron chi connectivity index (χ0n) is 21.9. The fourth-order valence-corrected chi connectivity index (χ4v) is 3.80. The second kappa shape index (κ2) is 13.0. The standard InChI is InChI=1S/C30H29N3O6/c1-4-21(28(34)35)11-18-7-9-31-24(14-18)26-16-20(13-23(6-3)30(38)39)17-27(33-26)25-15-19(8-10-32-25)12-22(5-2)29(36)37/h7-17H,4-6H2,1-3H3,(H,34,35)(H,36,37)(H,38,39)/b21-11+,22-12+,23-13+. The van der Waals surface area contributed by atoms with E-state index < -0.39 is 17.9 Å². The van der Waals surface area contributed by atoms with Gasteiger partial charge in [-0.1, -0.05) is 20.8 Å². The van der Waals surface area contributed by atoms with E-state index in [0.29, 0.717) is 58.7 Å². The highest BCUT2D eigenvalue weighted by Gasteiger charge is 2.13. The van der Waals surface area contributed by atoms with Crippen molar-refractivity contribution in [3.63, 3.8) is 0 Å². The van der Waals surface area contributed by atoms with Crippen molar-refractivity contribution in [3.8, 4) is 22.8 Å². The van der Waals surface area contributed by atoms with Crippen molar-refractivity contribution >= 4 is 36.1 Å². The van der Waals surface area contributed by atoms with Gasteiger partial charge in [0.15, 0.2) is 0 Å². The SMILES string of the molecule is CC/C(=C\c1ccnc(-c2cc(/C=C(\CC)C(=O)O)cc(-c3cc(/C=C(\CC)C(=O)O)ccn3)n2)c1)C(=O)O. The number of aromatic nitrogens is 3. The lowest BCUT2D eigenvalue weighted by Crippen LogP contribution is -2.00. The number of hydrogen-bond acceptors (Lipinski definition) is 6. The molecule has 3 N–H and O–H groups in total. The Balaban J connectivity index is 2.20. The summed E-state index contributed by atoms with van der Waals surface area (Å²) in [6.07, 6.45) is 8.82. The highest BCUT2D eigenvalue weighted by Crippen LogP contribution is 2.26. The number of hydrogen-bond donors (Lipinski definition) is 3. The topological polar surface area (TPSA) is 151 Å². The molecule has 0 saturated heterocycles. The molecule has 0 fully saturated rings. The molecule has 0 aliphatic heterocycles. The predicted octanol–water partition coefficient (Wildman–Crippen LogP) is 5.84. The fraction of sp³-hybridized carbons (Fsp3) is 0.200. The van der Waals surface area contributed by atoms with Crippen LogP contribution < -0.4 is 0 Å². The highest BCUT2D eigenvalue weighted by molar-refractivity contribution is 5.93. The van der Waals surface area contributed by atoms with Gasteiger partial charge in [-0.05, 0) is 90.6 Å². The summed E-state index contributed by atoms with van der Waals surface area (Å²) < 4.78 is 0. The number of pyridine rings is 3. The summed E-state index contributed by atoms with van der Waals surface area (Å²) >= 11 is 0. The van der Waals surface area contributed by atoms with Gasteiger partial charge in [0.25, 0.3) is 0 Å².